The fourth-order valence-corrected chi connectivity index (χ4v) is 4.58. The van der Waals surface area contributed by atoms with Crippen molar-refractivity contribution in [1.29, 1.82) is 0 Å². The van der Waals surface area contributed by atoms with Crippen LogP contribution in [0.25, 0.3) is 0 Å². The van der Waals surface area contributed by atoms with Crippen LogP contribution in [0.5, 0.6) is 11.5 Å². The van der Waals surface area contributed by atoms with E-state index in [1.807, 2.05) is 0 Å². The fraction of sp³-hybridized carbons (Fsp3) is 0.200. The Kier molecular flexibility index (Phi) is 5.40. The van der Waals surface area contributed by atoms with Gasteiger partial charge in [-0.25, -0.2) is 9.96 Å². The minimum atomic E-state index is -4.77. The lowest BCUT2D eigenvalue weighted by Gasteiger charge is -2.29. The Morgan fingerprint density at radius 3 is 2.31 bits per heavy atom. The van der Waals surface area contributed by atoms with Gasteiger partial charge < -0.3 is 9.84 Å². The predicted octanol–water partition coefficient (Wildman–Crippen LogP) is 4.47. The van der Waals surface area contributed by atoms with Gasteiger partial charge >= 0.3 is 6.18 Å². The molecule has 3 aromatic rings. The largest absolute Gasteiger partial charge is 0.504 e. The number of methoxy groups -OCH3 is 1. The quantitative estimate of drug-likeness (QED) is 0.551. The van der Waals surface area contributed by atoms with Crippen molar-refractivity contribution in [2.24, 2.45) is 5.92 Å². The zero-order chi connectivity index (χ0) is 24.9. The number of phenols is 1. The molecule has 2 aliphatic rings. The van der Waals surface area contributed by atoms with E-state index in [4.69, 9.17) is 9.57 Å². The molecule has 0 spiro atoms. The van der Waals surface area contributed by atoms with Crippen molar-refractivity contribution in [1.82, 2.24) is 0 Å². The number of nitrogens with zero attached hydrogens (tertiary/aromatic N) is 2. The van der Waals surface area contributed by atoms with Crippen LogP contribution in [-0.4, -0.2) is 30.1 Å². The van der Waals surface area contributed by atoms with Gasteiger partial charge in [-0.05, 0) is 42.0 Å². The monoisotopic (exact) mass is 484 g/mol. The molecule has 2 heterocycles. The first-order valence-electron chi connectivity index (χ1n) is 10.6. The summed E-state index contributed by atoms with van der Waals surface area (Å²) < 4.78 is 46.2. The van der Waals surface area contributed by atoms with E-state index in [0.29, 0.717) is 16.2 Å². The van der Waals surface area contributed by atoms with Crippen LogP contribution in [0.3, 0.4) is 0 Å². The number of hydrogen-bond acceptors (Lipinski definition) is 6. The molecule has 2 amide bonds. The third kappa shape index (κ3) is 3.66. The average Bonchev–Trinajstić information content (AvgIpc) is 3.35. The van der Waals surface area contributed by atoms with Gasteiger partial charge in [0.05, 0.1) is 30.1 Å². The number of hydroxylamine groups is 1. The van der Waals surface area contributed by atoms with Crippen molar-refractivity contribution in [3.63, 3.8) is 0 Å². The average molecular weight is 484 g/mol. The lowest BCUT2D eigenvalue weighted by Crippen LogP contribution is -2.38. The minimum Gasteiger partial charge on any atom is -0.504 e. The van der Waals surface area contributed by atoms with Crippen molar-refractivity contribution < 1.29 is 37.4 Å². The van der Waals surface area contributed by atoms with Gasteiger partial charge in [-0.2, -0.15) is 13.2 Å². The van der Waals surface area contributed by atoms with Crippen LogP contribution in [0.1, 0.15) is 17.2 Å². The number of aromatic hydroxyl groups is 1. The zero-order valence-electron chi connectivity index (χ0n) is 18.3. The number of imide groups is 1. The molecule has 0 bridgehead atoms. The molecule has 35 heavy (non-hydrogen) atoms. The van der Waals surface area contributed by atoms with E-state index >= 15 is 0 Å². The highest BCUT2D eigenvalue weighted by atomic mass is 19.4. The van der Waals surface area contributed by atoms with Crippen LogP contribution in [-0.2, 0) is 20.6 Å². The van der Waals surface area contributed by atoms with Crippen molar-refractivity contribution in [3.8, 4) is 11.5 Å². The summed E-state index contributed by atoms with van der Waals surface area (Å²) in [7, 11) is 1.36. The number of fused-ring (bicyclic) bond motifs is 1. The SMILES string of the molecule is COc1cc([C@@H]2[C@@H]3C(=O)N(c4ccccc4C(F)(F)F)C(=O)[C@@H]3ON2c2ccccc2)ccc1O. The summed E-state index contributed by atoms with van der Waals surface area (Å²) in [4.78, 5) is 33.4. The number of rotatable bonds is 4. The van der Waals surface area contributed by atoms with E-state index in [-0.39, 0.29) is 11.5 Å². The highest BCUT2D eigenvalue weighted by molar-refractivity contribution is 6.24. The Morgan fingerprint density at radius 1 is 0.943 bits per heavy atom. The molecule has 2 aliphatic heterocycles. The molecule has 0 aromatic heterocycles. The number of ether oxygens (including phenoxy) is 1. The third-order valence-electron chi connectivity index (χ3n) is 6.12. The molecule has 7 nitrogen and oxygen atoms in total. The second-order valence-corrected chi connectivity index (χ2v) is 8.12. The Hall–Kier alpha value is -4.05. The van der Waals surface area contributed by atoms with E-state index in [1.54, 1.807) is 36.4 Å². The summed E-state index contributed by atoms with van der Waals surface area (Å²) in [6, 6.07) is 16.7. The van der Waals surface area contributed by atoms with Crippen LogP contribution in [0, 0.1) is 5.92 Å². The maximum Gasteiger partial charge on any atom is 0.418 e. The van der Waals surface area contributed by atoms with Crippen LogP contribution >= 0.6 is 0 Å². The van der Waals surface area contributed by atoms with Crippen LogP contribution in [0.15, 0.2) is 72.8 Å². The van der Waals surface area contributed by atoms with Gasteiger partial charge in [-0.15, -0.1) is 0 Å². The molecule has 1 N–H and O–H groups in total. The topological polar surface area (TPSA) is 79.3 Å². The molecule has 3 aromatic carbocycles. The van der Waals surface area contributed by atoms with Gasteiger partial charge in [0, 0.05) is 0 Å². The Labute approximate surface area is 197 Å². The summed E-state index contributed by atoms with van der Waals surface area (Å²) in [5.41, 5.74) is -0.615. The lowest BCUT2D eigenvalue weighted by molar-refractivity contribution is -0.137. The molecule has 10 heteroatoms. The van der Waals surface area contributed by atoms with Gasteiger partial charge in [0.15, 0.2) is 17.6 Å². The number of halogens is 3. The van der Waals surface area contributed by atoms with Gasteiger partial charge in [0.2, 0.25) is 5.91 Å². The summed E-state index contributed by atoms with van der Waals surface area (Å²) in [6.07, 6.45) is -6.11. The number of amides is 2. The maximum atomic E-state index is 13.7. The van der Waals surface area contributed by atoms with Gasteiger partial charge in [0.1, 0.15) is 5.92 Å². The molecule has 3 atom stereocenters. The second-order valence-electron chi connectivity index (χ2n) is 8.12. The molecular formula is C25H19F3N2O5. The maximum absolute atomic E-state index is 13.7. The smallest absolute Gasteiger partial charge is 0.418 e. The second kappa shape index (κ2) is 8.31. The highest BCUT2D eigenvalue weighted by Crippen LogP contribution is 2.49. The first-order valence-corrected chi connectivity index (χ1v) is 10.6. The Bertz CT molecular complexity index is 1300. The number of carbonyl (C=O) groups excluding carboxylic acids is 2. The van der Waals surface area contributed by atoms with E-state index in [2.05, 4.69) is 0 Å². The molecule has 2 fully saturated rings. The van der Waals surface area contributed by atoms with Crippen molar-refractivity contribution in [2.75, 3.05) is 17.1 Å². The van der Waals surface area contributed by atoms with Crippen molar-refractivity contribution in [2.45, 2.75) is 18.3 Å². The van der Waals surface area contributed by atoms with E-state index in [9.17, 15) is 27.9 Å². The summed E-state index contributed by atoms with van der Waals surface area (Å²) in [5.74, 6) is -2.83. The number of anilines is 2. The molecule has 0 unspecified atom stereocenters. The van der Waals surface area contributed by atoms with E-state index in [0.717, 1.165) is 12.1 Å². The van der Waals surface area contributed by atoms with Crippen LogP contribution in [0.2, 0.25) is 0 Å². The molecule has 5 rings (SSSR count). The van der Waals surface area contributed by atoms with Gasteiger partial charge in [0.25, 0.3) is 5.91 Å². The summed E-state index contributed by atoms with van der Waals surface area (Å²) >= 11 is 0. The first kappa shape index (κ1) is 22.7. The molecule has 0 aliphatic carbocycles. The number of para-hydroxylation sites is 2. The molecule has 180 valence electrons. The number of benzene rings is 3. The molecule has 2 saturated heterocycles. The number of phenolic OH excluding ortho intramolecular Hbond substituents is 1. The van der Waals surface area contributed by atoms with Crippen LogP contribution < -0.4 is 14.7 Å². The summed E-state index contributed by atoms with van der Waals surface area (Å²) in [5, 5.41) is 11.4. The van der Waals surface area contributed by atoms with E-state index in [1.165, 1.54) is 36.4 Å². The molecular weight excluding hydrogens is 465 g/mol. The fourth-order valence-electron chi connectivity index (χ4n) is 4.58. The highest BCUT2D eigenvalue weighted by Gasteiger charge is 2.61. The number of alkyl halides is 3. The molecule has 0 radical (unpaired) electrons. The lowest BCUT2D eigenvalue weighted by atomic mass is 9.90. The first-order chi connectivity index (χ1) is 16.7. The normalized spacial score (nSPS) is 22.0. The minimum absolute atomic E-state index is 0.132. The van der Waals surface area contributed by atoms with Crippen molar-refractivity contribution >= 4 is 23.2 Å². The predicted molar refractivity (Wildman–Crippen MR) is 119 cm³/mol. The third-order valence-corrected chi connectivity index (χ3v) is 6.12. The van der Waals surface area contributed by atoms with Gasteiger partial charge in [-0.3, -0.25) is 14.4 Å². The Balaban J connectivity index is 1.62. The zero-order valence-corrected chi connectivity index (χ0v) is 18.3. The summed E-state index contributed by atoms with van der Waals surface area (Å²) in [6.45, 7) is 0. The van der Waals surface area contributed by atoms with E-state index < -0.39 is 47.3 Å². The van der Waals surface area contributed by atoms with Crippen LogP contribution in [0.4, 0.5) is 24.5 Å². The molecule has 0 saturated carbocycles. The van der Waals surface area contributed by atoms with Gasteiger partial charge in [-0.1, -0.05) is 36.4 Å². The standard InChI is InChI=1S/C25H19F3N2O5/c1-34-19-13-14(11-12-18(19)31)21-20-22(35-30(21)15-7-3-2-4-8-15)24(33)29(23(20)32)17-10-6-5-9-16(17)25(26,27)28/h2-13,20-22,31H,1H3/t20-,21+,22+/m0/s1. The number of carbonyl (C=O) groups is 2. The van der Waals surface area contributed by atoms with Crippen molar-refractivity contribution in [3.05, 3.63) is 83.9 Å². The number of hydrogen-bond donors (Lipinski definition) is 1. The Morgan fingerprint density at radius 2 is 1.63 bits per heavy atom.